The van der Waals surface area contributed by atoms with E-state index in [1.54, 1.807) is 0 Å². The van der Waals surface area contributed by atoms with E-state index in [0.29, 0.717) is 12.8 Å². The molecule has 0 aliphatic rings. The van der Waals surface area contributed by atoms with E-state index in [2.05, 4.69) is 33.2 Å². The van der Waals surface area contributed by atoms with Gasteiger partial charge in [0.15, 0.2) is 0 Å². The number of carboxylic acids is 1. The molecule has 0 aliphatic carbocycles. The lowest BCUT2D eigenvalue weighted by molar-refractivity contribution is -0.137. The fourth-order valence-corrected chi connectivity index (χ4v) is 2.13. The number of nitrogens with one attached hydrogen (secondary N) is 2. The first kappa shape index (κ1) is 15.7. The fourth-order valence-electron chi connectivity index (χ4n) is 1.59. The fraction of sp³-hybridized carbons (Fsp3) is 0.385. The van der Waals surface area contributed by atoms with Gasteiger partial charge in [-0.3, -0.25) is 4.79 Å². The van der Waals surface area contributed by atoms with Crippen LogP contribution in [-0.2, 0) is 4.79 Å². The first-order valence-electron chi connectivity index (χ1n) is 6.02. The van der Waals surface area contributed by atoms with Crippen molar-refractivity contribution >= 4 is 40.3 Å². The first-order chi connectivity index (χ1) is 8.97. The molecule has 0 spiro atoms. The Morgan fingerprint density at radius 2 is 2.16 bits per heavy atom. The van der Waals surface area contributed by atoms with Crippen molar-refractivity contribution in [2.45, 2.75) is 32.2 Å². The topological polar surface area (TPSA) is 78.4 Å². The van der Waals surface area contributed by atoms with Gasteiger partial charge in [0.05, 0.1) is 0 Å². The van der Waals surface area contributed by atoms with Gasteiger partial charge in [-0.15, -0.1) is 0 Å². The predicted octanol–water partition coefficient (Wildman–Crippen LogP) is 3.06. The van der Waals surface area contributed by atoms with E-state index in [9.17, 15) is 9.59 Å². The first-order valence-corrected chi connectivity index (χ1v) is 7.10. The highest BCUT2D eigenvalue weighted by atomic mass is 127. The molecule has 1 atom stereocenters. The normalized spacial score (nSPS) is 11.7. The summed E-state index contributed by atoms with van der Waals surface area (Å²) < 4.78 is 1.05. The number of benzene rings is 1. The Labute approximate surface area is 125 Å². The maximum absolute atomic E-state index is 11.7. The van der Waals surface area contributed by atoms with Gasteiger partial charge in [-0.1, -0.05) is 6.07 Å². The van der Waals surface area contributed by atoms with Crippen molar-refractivity contribution in [3.05, 3.63) is 27.8 Å². The van der Waals surface area contributed by atoms with E-state index < -0.39 is 5.97 Å². The van der Waals surface area contributed by atoms with Crippen LogP contribution in [0.4, 0.5) is 10.5 Å². The molecule has 1 unspecified atom stereocenters. The minimum Gasteiger partial charge on any atom is -0.481 e. The number of urea groups is 1. The molecule has 0 aromatic heterocycles. The number of amides is 2. The maximum atomic E-state index is 11.7. The van der Waals surface area contributed by atoms with Gasteiger partial charge in [0, 0.05) is 21.7 Å². The molecule has 6 heteroatoms. The van der Waals surface area contributed by atoms with E-state index in [-0.39, 0.29) is 18.5 Å². The van der Waals surface area contributed by atoms with E-state index >= 15 is 0 Å². The Balaban J connectivity index is 2.32. The molecule has 1 rings (SSSR count). The SMILES string of the molecule is CC(CCCC(=O)O)NC(=O)Nc1cccc(I)c1. The highest BCUT2D eigenvalue weighted by Gasteiger charge is 2.08. The Morgan fingerprint density at radius 3 is 2.79 bits per heavy atom. The minimum absolute atomic E-state index is 0.0536. The summed E-state index contributed by atoms with van der Waals surface area (Å²) in [5, 5.41) is 14.0. The number of rotatable bonds is 6. The molecule has 0 bridgehead atoms. The van der Waals surface area contributed by atoms with Crippen molar-refractivity contribution < 1.29 is 14.7 Å². The molecule has 0 saturated carbocycles. The number of carbonyl (C=O) groups excluding carboxylic acids is 1. The zero-order valence-electron chi connectivity index (χ0n) is 10.6. The van der Waals surface area contributed by atoms with Crippen molar-refractivity contribution in [1.29, 1.82) is 0 Å². The summed E-state index contributed by atoms with van der Waals surface area (Å²) >= 11 is 2.17. The number of hydrogen-bond acceptors (Lipinski definition) is 2. The number of carboxylic acid groups (broad SMARTS) is 1. The van der Waals surface area contributed by atoms with Crippen LogP contribution >= 0.6 is 22.6 Å². The quantitative estimate of drug-likeness (QED) is 0.668. The van der Waals surface area contributed by atoms with Crippen LogP contribution in [0.25, 0.3) is 0 Å². The third kappa shape index (κ3) is 7.00. The molecular formula is C13H17IN2O3. The van der Waals surface area contributed by atoms with Crippen molar-refractivity contribution in [1.82, 2.24) is 5.32 Å². The Morgan fingerprint density at radius 1 is 1.42 bits per heavy atom. The average Bonchev–Trinajstić information content (AvgIpc) is 2.27. The van der Waals surface area contributed by atoms with Gasteiger partial charge in [-0.05, 0) is 60.6 Å². The lowest BCUT2D eigenvalue weighted by Gasteiger charge is -2.14. The van der Waals surface area contributed by atoms with Crippen molar-refractivity contribution in [2.75, 3.05) is 5.32 Å². The molecule has 0 fully saturated rings. The Bertz CT molecular complexity index is 451. The van der Waals surface area contributed by atoms with Crippen molar-refractivity contribution in [3.8, 4) is 0 Å². The zero-order valence-corrected chi connectivity index (χ0v) is 12.8. The molecule has 0 aliphatic heterocycles. The van der Waals surface area contributed by atoms with Gasteiger partial charge < -0.3 is 15.7 Å². The maximum Gasteiger partial charge on any atom is 0.319 e. The smallest absolute Gasteiger partial charge is 0.319 e. The van der Waals surface area contributed by atoms with Gasteiger partial charge >= 0.3 is 12.0 Å². The number of halogens is 1. The van der Waals surface area contributed by atoms with Crippen molar-refractivity contribution in [3.63, 3.8) is 0 Å². The third-order valence-electron chi connectivity index (χ3n) is 2.49. The molecule has 1 aromatic rings. The summed E-state index contributed by atoms with van der Waals surface area (Å²) in [6, 6.07) is 7.17. The molecule has 0 saturated heterocycles. The van der Waals surface area contributed by atoms with Gasteiger partial charge in [-0.2, -0.15) is 0 Å². The molecule has 1 aromatic carbocycles. The van der Waals surface area contributed by atoms with Crippen LogP contribution in [0.15, 0.2) is 24.3 Å². The number of anilines is 1. The van der Waals surface area contributed by atoms with Gasteiger partial charge in [0.25, 0.3) is 0 Å². The standard InChI is InChI=1S/C13H17IN2O3/c1-9(4-2-7-12(17)18)15-13(19)16-11-6-3-5-10(14)8-11/h3,5-6,8-9H,2,4,7H2,1H3,(H,17,18)(H2,15,16,19). The molecule has 5 nitrogen and oxygen atoms in total. The molecule has 2 amide bonds. The van der Waals surface area contributed by atoms with Crippen LogP contribution in [0.2, 0.25) is 0 Å². The number of aliphatic carboxylic acids is 1. The molecule has 3 N–H and O–H groups in total. The Hall–Kier alpha value is -1.31. The van der Waals surface area contributed by atoms with Crippen LogP contribution in [0.3, 0.4) is 0 Å². The van der Waals surface area contributed by atoms with E-state index in [0.717, 1.165) is 9.26 Å². The number of hydrogen-bond donors (Lipinski definition) is 3. The second kappa shape index (κ2) is 7.98. The second-order valence-corrected chi connectivity index (χ2v) is 5.54. The van der Waals surface area contributed by atoms with Crippen LogP contribution in [0.1, 0.15) is 26.2 Å². The van der Waals surface area contributed by atoms with Gasteiger partial charge in [0.1, 0.15) is 0 Å². The van der Waals surface area contributed by atoms with Crippen LogP contribution in [-0.4, -0.2) is 23.1 Å². The van der Waals surface area contributed by atoms with Crippen LogP contribution < -0.4 is 10.6 Å². The summed E-state index contributed by atoms with van der Waals surface area (Å²) in [5.74, 6) is -0.810. The van der Waals surface area contributed by atoms with E-state index in [1.807, 2.05) is 31.2 Å². The van der Waals surface area contributed by atoms with Crippen molar-refractivity contribution in [2.24, 2.45) is 0 Å². The van der Waals surface area contributed by atoms with E-state index in [1.165, 1.54) is 0 Å². The lowest BCUT2D eigenvalue weighted by atomic mass is 10.1. The van der Waals surface area contributed by atoms with Gasteiger partial charge in [-0.25, -0.2) is 4.79 Å². The molecule has 19 heavy (non-hydrogen) atoms. The lowest BCUT2D eigenvalue weighted by Crippen LogP contribution is -2.36. The summed E-state index contributed by atoms with van der Waals surface area (Å²) in [6.45, 7) is 1.86. The highest BCUT2D eigenvalue weighted by Crippen LogP contribution is 2.12. The minimum atomic E-state index is -0.810. The second-order valence-electron chi connectivity index (χ2n) is 4.30. The summed E-state index contributed by atoms with van der Waals surface area (Å²) in [6.07, 6.45) is 1.33. The third-order valence-corrected chi connectivity index (χ3v) is 3.16. The summed E-state index contributed by atoms with van der Waals surface area (Å²) in [5.41, 5.74) is 0.738. The predicted molar refractivity (Wildman–Crippen MR) is 82.3 cm³/mol. The monoisotopic (exact) mass is 376 g/mol. The van der Waals surface area contributed by atoms with Crippen LogP contribution in [0, 0.1) is 3.57 Å². The van der Waals surface area contributed by atoms with E-state index in [4.69, 9.17) is 5.11 Å². The molecular weight excluding hydrogens is 359 g/mol. The zero-order chi connectivity index (χ0) is 14.3. The molecule has 0 heterocycles. The largest absolute Gasteiger partial charge is 0.481 e. The highest BCUT2D eigenvalue weighted by molar-refractivity contribution is 14.1. The summed E-state index contributed by atoms with van der Waals surface area (Å²) in [7, 11) is 0. The summed E-state index contributed by atoms with van der Waals surface area (Å²) in [4.78, 5) is 22.1. The van der Waals surface area contributed by atoms with Crippen LogP contribution in [0.5, 0.6) is 0 Å². The molecule has 0 radical (unpaired) electrons. The Kier molecular flexibility index (Phi) is 6.61. The number of carbonyl (C=O) groups is 2. The molecule has 104 valence electrons. The average molecular weight is 376 g/mol. The van der Waals surface area contributed by atoms with Gasteiger partial charge in [0.2, 0.25) is 0 Å².